The van der Waals surface area contributed by atoms with Crippen molar-refractivity contribution in [2.75, 3.05) is 13.7 Å². The minimum atomic E-state index is -0.800. The number of carbonyl (C=O) groups excluding carboxylic acids is 2. The SMILES string of the molecule is COc1ccc2cccc(CCN(C(C)=O)C(=O)C(N)Cc3c[nH]c4ccccc34)c2c1. The van der Waals surface area contributed by atoms with Crippen LogP contribution in [0.2, 0.25) is 0 Å². The molecule has 3 N–H and O–H groups in total. The van der Waals surface area contributed by atoms with Crippen LogP contribution < -0.4 is 10.5 Å². The molecule has 32 heavy (non-hydrogen) atoms. The molecule has 0 aliphatic heterocycles. The maximum atomic E-state index is 13.1. The summed E-state index contributed by atoms with van der Waals surface area (Å²) in [5.41, 5.74) is 9.27. The van der Waals surface area contributed by atoms with Gasteiger partial charge in [0, 0.05) is 30.6 Å². The maximum absolute atomic E-state index is 13.1. The van der Waals surface area contributed by atoms with Gasteiger partial charge in [-0.05, 0) is 52.9 Å². The molecule has 0 saturated heterocycles. The highest BCUT2D eigenvalue weighted by Gasteiger charge is 2.25. The molecule has 164 valence electrons. The molecule has 4 rings (SSSR count). The molecular formula is C26H27N3O3. The number of ether oxygens (including phenoxy) is 1. The third-order valence-electron chi connectivity index (χ3n) is 5.86. The minimum absolute atomic E-state index is 0.270. The van der Waals surface area contributed by atoms with Crippen LogP contribution in [-0.2, 0) is 22.4 Å². The number of benzene rings is 3. The molecule has 1 atom stereocenters. The molecule has 4 aromatic rings. The Kier molecular flexibility index (Phi) is 6.23. The lowest BCUT2D eigenvalue weighted by molar-refractivity contribution is -0.144. The van der Waals surface area contributed by atoms with Crippen LogP contribution in [-0.4, -0.2) is 41.4 Å². The van der Waals surface area contributed by atoms with Gasteiger partial charge in [0.05, 0.1) is 13.2 Å². The summed E-state index contributed by atoms with van der Waals surface area (Å²) in [7, 11) is 1.63. The van der Waals surface area contributed by atoms with Crippen LogP contribution in [0, 0.1) is 0 Å². The van der Waals surface area contributed by atoms with Crippen molar-refractivity contribution in [3.05, 3.63) is 78.0 Å². The molecule has 0 saturated carbocycles. The van der Waals surface area contributed by atoms with E-state index in [1.54, 1.807) is 7.11 Å². The molecule has 1 heterocycles. The number of carbonyl (C=O) groups is 2. The maximum Gasteiger partial charge on any atom is 0.246 e. The van der Waals surface area contributed by atoms with Gasteiger partial charge in [-0.15, -0.1) is 0 Å². The smallest absolute Gasteiger partial charge is 0.246 e. The molecule has 3 aromatic carbocycles. The molecule has 0 bridgehead atoms. The first-order valence-corrected chi connectivity index (χ1v) is 10.7. The van der Waals surface area contributed by atoms with Gasteiger partial charge in [0.25, 0.3) is 0 Å². The van der Waals surface area contributed by atoms with E-state index in [2.05, 4.69) is 4.98 Å². The zero-order chi connectivity index (χ0) is 22.7. The second-order valence-corrected chi connectivity index (χ2v) is 7.93. The molecule has 0 radical (unpaired) electrons. The van der Waals surface area contributed by atoms with Gasteiger partial charge in [-0.2, -0.15) is 0 Å². The molecule has 0 fully saturated rings. The fourth-order valence-corrected chi connectivity index (χ4v) is 4.14. The third-order valence-corrected chi connectivity index (χ3v) is 5.86. The molecular weight excluding hydrogens is 402 g/mol. The average molecular weight is 430 g/mol. The first-order chi connectivity index (χ1) is 15.5. The number of H-pyrrole nitrogens is 1. The Balaban J connectivity index is 1.50. The topological polar surface area (TPSA) is 88.4 Å². The zero-order valence-corrected chi connectivity index (χ0v) is 18.3. The largest absolute Gasteiger partial charge is 0.497 e. The molecule has 1 unspecified atom stereocenters. The highest BCUT2D eigenvalue weighted by molar-refractivity contribution is 5.97. The van der Waals surface area contributed by atoms with Crippen molar-refractivity contribution in [2.24, 2.45) is 5.73 Å². The summed E-state index contributed by atoms with van der Waals surface area (Å²) in [4.78, 5) is 29.9. The monoisotopic (exact) mass is 429 g/mol. The lowest BCUT2D eigenvalue weighted by Crippen LogP contribution is -2.47. The van der Waals surface area contributed by atoms with Crippen LogP contribution in [0.3, 0.4) is 0 Å². The van der Waals surface area contributed by atoms with E-state index < -0.39 is 6.04 Å². The summed E-state index contributed by atoms with van der Waals surface area (Å²) in [6, 6.07) is 19.0. The van der Waals surface area contributed by atoms with E-state index in [0.29, 0.717) is 12.8 Å². The van der Waals surface area contributed by atoms with Crippen molar-refractivity contribution in [1.82, 2.24) is 9.88 Å². The summed E-state index contributed by atoms with van der Waals surface area (Å²) in [5, 5.41) is 3.17. The Morgan fingerprint density at radius 2 is 1.84 bits per heavy atom. The van der Waals surface area contributed by atoms with E-state index in [0.717, 1.165) is 38.6 Å². The Bertz CT molecular complexity index is 1280. The van der Waals surface area contributed by atoms with Gasteiger partial charge in [-0.1, -0.05) is 42.5 Å². The molecule has 0 spiro atoms. The van der Waals surface area contributed by atoms with Crippen LogP contribution in [0.15, 0.2) is 66.9 Å². The van der Waals surface area contributed by atoms with Crippen molar-refractivity contribution in [3.63, 3.8) is 0 Å². The third kappa shape index (κ3) is 4.36. The molecule has 0 aliphatic rings. The van der Waals surface area contributed by atoms with Crippen molar-refractivity contribution < 1.29 is 14.3 Å². The van der Waals surface area contributed by atoms with Gasteiger partial charge in [0.2, 0.25) is 11.8 Å². The highest BCUT2D eigenvalue weighted by atomic mass is 16.5. The summed E-state index contributed by atoms with van der Waals surface area (Å²) >= 11 is 0. The standard InChI is InChI=1S/C26H27N3O3/c1-17(30)29(13-12-19-7-5-6-18-10-11-21(32-2)15-23(18)19)26(31)24(27)14-20-16-28-25-9-4-3-8-22(20)25/h3-11,15-16,24,28H,12-14,27H2,1-2H3. The van der Waals surface area contributed by atoms with Crippen molar-refractivity contribution >= 4 is 33.5 Å². The van der Waals surface area contributed by atoms with Gasteiger partial charge >= 0.3 is 0 Å². The number of amides is 2. The molecule has 2 amide bonds. The lowest BCUT2D eigenvalue weighted by Gasteiger charge is -2.23. The number of rotatable bonds is 7. The van der Waals surface area contributed by atoms with Gasteiger partial charge in [0.1, 0.15) is 5.75 Å². The number of fused-ring (bicyclic) bond motifs is 2. The van der Waals surface area contributed by atoms with E-state index in [-0.39, 0.29) is 18.4 Å². The Hall–Kier alpha value is -3.64. The van der Waals surface area contributed by atoms with Crippen molar-refractivity contribution in [1.29, 1.82) is 0 Å². The molecule has 0 aliphatic carbocycles. The predicted octanol–water partition coefficient (Wildman–Crippen LogP) is 3.82. The fraction of sp³-hybridized carbons (Fsp3) is 0.231. The second-order valence-electron chi connectivity index (χ2n) is 7.93. The van der Waals surface area contributed by atoms with Crippen LogP contribution in [0.25, 0.3) is 21.7 Å². The number of imide groups is 1. The van der Waals surface area contributed by atoms with Gasteiger partial charge < -0.3 is 15.5 Å². The minimum Gasteiger partial charge on any atom is -0.497 e. The van der Waals surface area contributed by atoms with Crippen LogP contribution in [0.1, 0.15) is 18.1 Å². The second kappa shape index (κ2) is 9.24. The van der Waals surface area contributed by atoms with Gasteiger partial charge in [0.15, 0.2) is 0 Å². The van der Waals surface area contributed by atoms with Gasteiger partial charge in [-0.25, -0.2) is 0 Å². The number of nitrogens with one attached hydrogen (secondary N) is 1. The number of nitrogens with two attached hydrogens (primary N) is 1. The van der Waals surface area contributed by atoms with E-state index >= 15 is 0 Å². The number of aromatic nitrogens is 1. The first kappa shape index (κ1) is 21.6. The molecule has 1 aromatic heterocycles. The van der Waals surface area contributed by atoms with E-state index in [4.69, 9.17) is 10.5 Å². The lowest BCUT2D eigenvalue weighted by atomic mass is 10.0. The Morgan fingerprint density at radius 1 is 1.03 bits per heavy atom. The summed E-state index contributed by atoms with van der Waals surface area (Å²) in [5.74, 6) is 0.105. The number of nitrogens with zero attached hydrogens (tertiary/aromatic N) is 1. The van der Waals surface area contributed by atoms with E-state index in [1.165, 1.54) is 11.8 Å². The van der Waals surface area contributed by atoms with Crippen LogP contribution >= 0.6 is 0 Å². The molecule has 6 nitrogen and oxygen atoms in total. The normalized spacial score (nSPS) is 12.1. The number of methoxy groups -OCH3 is 1. The number of aromatic amines is 1. The summed E-state index contributed by atoms with van der Waals surface area (Å²) < 4.78 is 5.35. The first-order valence-electron chi connectivity index (χ1n) is 10.7. The fourth-order valence-electron chi connectivity index (χ4n) is 4.14. The van der Waals surface area contributed by atoms with Crippen molar-refractivity contribution in [2.45, 2.75) is 25.8 Å². The molecule has 6 heteroatoms. The quantitative estimate of drug-likeness (QED) is 0.467. The Morgan fingerprint density at radius 3 is 2.62 bits per heavy atom. The van der Waals surface area contributed by atoms with E-state index in [1.807, 2.05) is 66.9 Å². The van der Waals surface area contributed by atoms with Crippen molar-refractivity contribution in [3.8, 4) is 5.75 Å². The zero-order valence-electron chi connectivity index (χ0n) is 18.3. The highest BCUT2D eigenvalue weighted by Crippen LogP contribution is 2.25. The van der Waals surface area contributed by atoms with Gasteiger partial charge in [-0.3, -0.25) is 14.5 Å². The number of para-hydroxylation sites is 1. The summed E-state index contributed by atoms with van der Waals surface area (Å²) in [6.45, 7) is 1.68. The summed E-state index contributed by atoms with van der Waals surface area (Å²) in [6.07, 6.45) is 2.77. The Labute approximate surface area is 187 Å². The average Bonchev–Trinajstić information content (AvgIpc) is 3.21. The predicted molar refractivity (Wildman–Crippen MR) is 127 cm³/mol. The van der Waals surface area contributed by atoms with Crippen LogP contribution in [0.5, 0.6) is 5.75 Å². The van der Waals surface area contributed by atoms with Crippen LogP contribution in [0.4, 0.5) is 0 Å². The number of hydrogen-bond acceptors (Lipinski definition) is 4. The number of hydrogen-bond donors (Lipinski definition) is 2. The van der Waals surface area contributed by atoms with E-state index in [9.17, 15) is 9.59 Å².